The van der Waals surface area contributed by atoms with Crippen molar-refractivity contribution in [2.24, 2.45) is 5.92 Å². The van der Waals surface area contributed by atoms with Crippen molar-refractivity contribution in [3.05, 3.63) is 64.4 Å². The molecule has 3 aromatic rings. The molecule has 1 aliphatic rings. The van der Waals surface area contributed by atoms with Crippen molar-refractivity contribution < 1.29 is 9.21 Å². The summed E-state index contributed by atoms with van der Waals surface area (Å²) in [4.78, 5) is 20.6. The minimum Gasteiger partial charge on any atom is -0.440 e. The highest BCUT2D eigenvalue weighted by Crippen LogP contribution is 2.26. The Morgan fingerprint density at radius 1 is 1.20 bits per heavy atom. The molecule has 1 amide bonds. The molecule has 1 aromatic carbocycles. The highest BCUT2D eigenvalue weighted by molar-refractivity contribution is 7.13. The predicted molar refractivity (Wildman–Crippen MR) is 120 cm³/mol. The van der Waals surface area contributed by atoms with E-state index in [1.807, 2.05) is 30.5 Å². The van der Waals surface area contributed by atoms with Gasteiger partial charge in [-0.3, -0.25) is 9.69 Å². The molecule has 0 bridgehead atoms. The van der Waals surface area contributed by atoms with Crippen LogP contribution in [0.4, 0.5) is 0 Å². The summed E-state index contributed by atoms with van der Waals surface area (Å²) < 4.78 is 5.75. The number of carbonyl (C=O) groups excluding carboxylic acids is 1. The van der Waals surface area contributed by atoms with Gasteiger partial charge in [0, 0.05) is 13.1 Å². The van der Waals surface area contributed by atoms with Crippen molar-refractivity contribution in [3.63, 3.8) is 0 Å². The SMILES string of the molecule is Cc1oc(-c2cccs2)nc1CC(=O)NCc1ccccc1CN1CCC(C)CC1. The molecule has 30 heavy (non-hydrogen) atoms. The van der Waals surface area contributed by atoms with Crippen molar-refractivity contribution >= 4 is 17.2 Å². The quantitative estimate of drug-likeness (QED) is 0.593. The number of rotatable bonds is 7. The van der Waals surface area contributed by atoms with Crippen molar-refractivity contribution in [2.75, 3.05) is 13.1 Å². The molecule has 0 atom stereocenters. The molecule has 1 fully saturated rings. The molecule has 1 aliphatic heterocycles. The summed E-state index contributed by atoms with van der Waals surface area (Å²) in [5.41, 5.74) is 3.18. The molecule has 2 aromatic heterocycles. The van der Waals surface area contributed by atoms with Gasteiger partial charge in [-0.1, -0.05) is 37.3 Å². The number of aromatic nitrogens is 1. The second-order valence-corrected chi connectivity index (χ2v) is 9.13. The van der Waals surface area contributed by atoms with Crippen molar-refractivity contribution in [3.8, 4) is 10.8 Å². The third kappa shape index (κ3) is 5.18. The number of thiophene rings is 1. The number of likely N-dealkylation sites (tertiary alicyclic amines) is 1. The number of oxazole rings is 1. The first-order valence-electron chi connectivity index (χ1n) is 10.6. The number of piperidine rings is 1. The molecule has 158 valence electrons. The van der Waals surface area contributed by atoms with Crippen LogP contribution in [0.2, 0.25) is 0 Å². The van der Waals surface area contributed by atoms with Gasteiger partial charge in [0.1, 0.15) is 5.76 Å². The minimum atomic E-state index is -0.0364. The van der Waals surface area contributed by atoms with E-state index in [2.05, 4.69) is 40.3 Å². The molecule has 6 heteroatoms. The summed E-state index contributed by atoms with van der Waals surface area (Å²) in [6, 6.07) is 12.3. The molecule has 0 unspecified atom stereocenters. The number of nitrogens with zero attached hydrogens (tertiary/aromatic N) is 2. The fourth-order valence-electron chi connectivity index (χ4n) is 3.85. The summed E-state index contributed by atoms with van der Waals surface area (Å²) in [7, 11) is 0. The molecular formula is C24H29N3O2S. The Morgan fingerprint density at radius 3 is 2.70 bits per heavy atom. The first-order chi connectivity index (χ1) is 14.6. The number of amides is 1. The zero-order chi connectivity index (χ0) is 20.9. The molecule has 0 spiro atoms. The number of aryl methyl sites for hydroxylation is 1. The molecule has 0 radical (unpaired) electrons. The van der Waals surface area contributed by atoms with E-state index in [0.29, 0.717) is 23.9 Å². The lowest BCUT2D eigenvalue weighted by molar-refractivity contribution is -0.120. The summed E-state index contributed by atoms with van der Waals surface area (Å²) >= 11 is 1.58. The van der Waals surface area contributed by atoms with E-state index in [1.54, 1.807) is 11.3 Å². The third-order valence-electron chi connectivity index (χ3n) is 5.82. The molecule has 4 rings (SSSR count). The van der Waals surface area contributed by atoms with Gasteiger partial charge in [-0.25, -0.2) is 4.98 Å². The van der Waals surface area contributed by atoms with Gasteiger partial charge >= 0.3 is 0 Å². The Labute approximate surface area is 182 Å². The number of hydrogen-bond donors (Lipinski definition) is 1. The maximum atomic E-state index is 12.6. The Hall–Kier alpha value is -2.44. The number of hydrogen-bond acceptors (Lipinski definition) is 5. The van der Waals surface area contributed by atoms with E-state index >= 15 is 0 Å². The maximum Gasteiger partial charge on any atom is 0.236 e. The number of carbonyl (C=O) groups is 1. The van der Waals surface area contributed by atoms with E-state index in [-0.39, 0.29) is 12.3 Å². The topological polar surface area (TPSA) is 58.4 Å². The summed E-state index contributed by atoms with van der Waals surface area (Å²) in [6.45, 7) is 7.99. The van der Waals surface area contributed by atoms with Gasteiger partial charge in [0.15, 0.2) is 0 Å². The van der Waals surface area contributed by atoms with Gasteiger partial charge in [-0.15, -0.1) is 11.3 Å². The van der Waals surface area contributed by atoms with Gasteiger partial charge in [0.2, 0.25) is 11.8 Å². The average Bonchev–Trinajstić information content (AvgIpc) is 3.39. The van der Waals surface area contributed by atoms with Crippen LogP contribution in [-0.2, 0) is 24.3 Å². The molecule has 0 aliphatic carbocycles. The lowest BCUT2D eigenvalue weighted by Crippen LogP contribution is -2.33. The Bertz CT molecular complexity index is 972. The summed E-state index contributed by atoms with van der Waals surface area (Å²) in [6.07, 6.45) is 2.76. The van der Waals surface area contributed by atoms with Crippen molar-refractivity contribution in [1.82, 2.24) is 15.2 Å². The normalized spacial score (nSPS) is 15.4. The van der Waals surface area contributed by atoms with E-state index in [9.17, 15) is 4.79 Å². The second kappa shape index (κ2) is 9.58. The van der Waals surface area contributed by atoms with Crippen LogP contribution >= 0.6 is 11.3 Å². The first kappa shape index (κ1) is 20.8. The van der Waals surface area contributed by atoms with Crippen LogP contribution in [0.1, 0.15) is 42.3 Å². The van der Waals surface area contributed by atoms with Gasteiger partial charge in [-0.2, -0.15) is 0 Å². The Balaban J connectivity index is 1.34. The van der Waals surface area contributed by atoms with E-state index in [1.165, 1.54) is 24.0 Å². The van der Waals surface area contributed by atoms with Gasteiger partial charge in [0.05, 0.1) is 17.0 Å². The predicted octanol–water partition coefficient (Wildman–Crippen LogP) is 4.80. The largest absolute Gasteiger partial charge is 0.440 e. The third-order valence-corrected chi connectivity index (χ3v) is 6.68. The minimum absolute atomic E-state index is 0.0364. The highest BCUT2D eigenvalue weighted by Gasteiger charge is 2.18. The summed E-state index contributed by atoms with van der Waals surface area (Å²) in [5, 5.41) is 5.06. The molecular weight excluding hydrogens is 394 g/mol. The van der Waals surface area contributed by atoms with E-state index in [0.717, 1.165) is 30.4 Å². The van der Waals surface area contributed by atoms with Gasteiger partial charge < -0.3 is 9.73 Å². The molecule has 1 N–H and O–H groups in total. The molecule has 1 saturated heterocycles. The van der Waals surface area contributed by atoms with Crippen LogP contribution in [-0.4, -0.2) is 28.9 Å². The maximum absolute atomic E-state index is 12.6. The van der Waals surface area contributed by atoms with Gasteiger partial charge in [-0.05, 0) is 61.3 Å². The first-order valence-corrected chi connectivity index (χ1v) is 11.5. The van der Waals surface area contributed by atoms with Crippen molar-refractivity contribution in [2.45, 2.75) is 46.2 Å². The monoisotopic (exact) mass is 423 g/mol. The zero-order valence-electron chi connectivity index (χ0n) is 17.7. The molecule has 3 heterocycles. The fraction of sp³-hybridized carbons (Fsp3) is 0.417. The van der Waals surface area contributed by atoms with Crippen molar-refractivity contribution in [1.29, 1.82) is 0 Å². The van der Waals surface area contributed by atoms with E-state index in [4.69, 9.17) is 4.42 Å². The standard InChI is InChI=1S/C24H29N3O2S/c1-17-9-11-27(12-10-17)16-20-7-4-3-6-19(20)15-25-23(28)14-21-18(2)29-24(26-21)22-8-5-13-30-22/h3-8,13,17H,9-12,14-16H2,1-2H3,(H,25,28). The Morgan fingerprint density at radius 2 is 1.97 bits per heavy atom. The lowest BCUT2D eigenvalue weighted by atomic mass is 9.98. The Kier molecular flexibility index (Phi) is 6.65. The average molecular weight is 424 g/mol. The van der Waals surface area contributed by atoms with Crippen LogP contribution in [0.15, 0.2) is 46.2 Å². The number of benzene rings is 1. The zero-order valence-corrected chi connectivity index (χ0v) is 18.5. The summed E-state index contributed by atoms with van der Waals surface area (Å²) in [5.74, 6) is 2.08. The van der Waals surface area contributed by atoms with Crippen LogP contribution in [0, 0.1) is 12.8 Å². The smallest absolute Gasteiger partial charge is 0.236 e. The molecule has 0 saturated carbocycles. The fourth-order valence-corrected chi connectivity index (χ4v) is 4.50. The lowest BCUT2D eigenvalue weighted by Gasteiger charge is -2.30. The van der Waals surface area contributed by atoms with Crippen LogP contribution in [0.3, 0.4) is 0 Å². The number of nitrogens with one attached hydrogen (secondary N) is 1. The second-order valence-electron chi connectivity index (χ2n) is 8.18. The highest BCUT2D eigenvalue weighted by atomic mass is 32.1. The van der Waals surface area contributed by atoms with Crippen LogP contribution in [0.25, 0.3) is 10.8 Å². The molecule has 5 nitrogen and oxygen atoms in total. The van der Waals surface area contributed by atoms with E-state index < -0.39 is 0 Å². The van der Waals surface area contributed by atoms with Crippen LogP contribution < -0.4 is 5.32 Å². The van der Waals surface area contributed by atoms with Crippen LogP contribution in [0.5, 0.6) is 0 Å². The van der Waals surface area contributed by atoms with Gasteiger partial charge in [0.25, 0.3) is 0 Å².